The molecule has 1 saturated heterocycles. The molecule has 0 saturated carbocycles. The van der Waals surface area contributed by atoms with Crippen LogP contribution in [0.4, 0.5) is 5.69 Å². The van der Waals surface area contributed by atoms with Crippen LogP contribution >= 0.6 is 11.8 Å². The molecule has 3 heterocycles. The number of rotatable bonds is 6. The third-order valence-electron chi connectivity index (χ3n) is 6.70. The van der Waals surface area contributed by atoms with Crippen molar-refractivity contribution in [3.8, 4) is 0 Å². The molecule has 1 atom stereocenters. The highest BCUT2D eigenvalue weighted by Gasteiger charge is 2.26. The lowest BCUT2D eigenvalue weighted by atomic mass is 9.91. The lowest BCUT2D eigenvalue weighted by molar-refractivity contribution is -0.119. The van der Waals surface area contributed by atoms with Crippen LogP contribution in [0.25, 0.3) is 11.6 Å². The van der Waals surface area contributed by atoms with Gasteiger partial charge in [-0.05, 0) is 60.4 Å². The van der Waals surface area contributed by atoms with Gasteiger partial charge in [0.1, 0.15) is 0 Å². The molecule has 2 aliphatic rings. The van der Waals surface area contributed by atoms with Gasteiger partial charge in [0, 0.05) is 77.3 Å². The molecular weight excluding hydrogens is 542 g/mol. The van der Waals surface area contributed by atoms with E-state index in [4.69, 9.17) is 16.5 Å². The lowest BCUT2D eigenvalue weighted by Gasteiger charge is -2.23. The van der Waals surface area contributed by atoms with E-state index in [9.17, 15) is 9.59 Å². The molecule has 1 fully saturated rings. The third kappa shape index (κ3) is 9.14. The molecule has 41 heavy (non-hydrogen) atoms. The number of benzene rings is 1. The molecule has 5 rings (SSSR count). The fraction of sp³-hybridized carbons (Fsp3) is 0.400. The topological polar surface area (TPSA) is 113 Å². The quantitative estimate of drug-likeness (QED) is 0.300. The van der Waals surface area contributed by atoms with Crippen LogP contribution in [0.15, 0.2) is 49.1 Å². The predicted molar refractivity (Wildman–Crippen MR) is 163 cm³/mol. The maximum Gasteiger partial charge on any atom is 0.217 e. The zero-order chi connectivity index (χ0) is 29.8. The van der Waals surface area contributed by atoms with Gasteiger partial charge in [0.05, 0.1) is 36.1 Å². The summed E-state index contributed by atoms with van der Waals surface area (Å²) in [4.78, 5) is 35.4. The Bertz CT molecular complexity index is 1320. The molecule has 2 amide bonds. The number of ether oxygens (including phenoxy) is 1. The Labute approximate surface area is 247 Å². The van der Waals surface area contributed by atoms with Gasteiger partial charge in [0.2, 0.25) is 12.3 Å². The minimum absolute atomic E-state index is 0.115. The molecule has 0 spiro atoms. The summed E-state index contributed by atoms with van der Waals surface area (Å²) in [7, 11) is 3.62. The summed E-state index contributed by atoms with van der Waals surface area (Å²) in [6.07, 6.45) is 9.40. The number of fused-ring (bicyclic) bond motifs is 2. The number of aromatic nitrogens is 3. The molecule has 1 aromatic carbocycles. The van der Waals surface area contributed by atoms with E-state index in [0.717, 1.165) is 71.9 Å². The van der Waals surface area contributed by atoms with Gasteiger partial charge >= 0.3 is 0 Å². The van der Waals surface area contributed by atoms with Crippen molar-refractivity contribution in [3.63, 3.8) is 0 Å². The molecular formula is C30H40ClN7O3. The van der Waals surface area contributed by atoms with Crippen LogP contribution in [0.5, 0.6) is 0 Å². The van der Waals surface area contributed by atoms with Gasteiger partial charge in [0.15, 0.2) is 0 Å². The van der Waals surface area contributed by atoms with Crippen molar-refractivity contribution in [2.24, 2.45) is 7.05 Å². The lowest BCUT2D eigenvalue weighted by Crippen LogP contribution is -2.42. The SMILES string of the molecule is CC(=O)NC(C1=Cc2cccnc2Cc2ccc(NCl)cc21)c1cncn1C.COC(C)C.O=CN1CCNCC1. The Morgan fingerprint density at radius 1 is 1.22 bits per heavy atom. The fourth-order valence-corrected chi connectivity index (χ4v) is 4.52. The minimum atomic E-state index is -0.361. The Hall–Kier alpha value is -3.73. The van der Waals surface area contributed by atoms with Crippen LogP contribution in [0, 0.1) is 0 Å². The minimum Gasteiger partial charge on any atom is -0.382 e. The largest absolute Gasteiger partial charge is 0.382 e. The first-order valence-electron chi connectivity index (χ1n) is 13.6. The third-order valence-corrected chi connectivity index (χ3v) is 6.92. The monoisotopic (exact) mass is 581 g/mol. The molecule has 3 aromatic rings. The van der Waals surface area contributed by atoms with Crippen molar-refractivity contribution in [1.29, 1.82) is 0 Å². The first kappa shape index (κ1) is 31.8. The summed E-state index contributed by atoms with van der Waals surface area (Å²) in [6.45, 7) is 9.14. The summed E-state index contributed by atoms with van der Waals surface area (Å²) in [5.41, 5.74) is 6.82. The van der Waals surface area contributed by atoms with Crippen molar-refractivity contribution < 1.29 is 14.3 Å². The van der Waals surface area contributed by atoms with E-state index < -0.39 is 0 Å². The van der Waals surface area contributed by atoms with E-state index in [0.29, 0.717) is 12.5 Å². The van der Waals surface area contributed by atoms with Gasteiger partial charge in [-0.2, -0.15) is 0 Å². The summed E-state index contributed by atoms with van der Waals surface area (Å²) in [5, 5.41) is 6.24. The average molecular weight is 582 g/mol. The second-order valence-corrected chi connectivity index (χ2v) is 10.2. The summed E-state index contributed by atoms with van der Waals surface area (Å²) in [5.74, 6) is -0.115. The smallest absolute Gasteiger partial charge is 0.217 e. The number of carbonyl (C=O) groups excluding carboxylic acids is 2. The first-order valence-corrected chi connectivity index (χ1v) is 14.0. The molecule has 0 radical (unpaired) electrons. The van der Waals surface area contributed by atoms with Crippen LogP contribution in [0.2, 0.25) is 0 Å². The normalized spacial score (nSPS) is 14.5. The molecule has 11 heteroatoms. The second-order valence-electron chi connectivity index (χ2n) is 10.0. The predicted octanol–water partition coefficient (Wildman–Crippen LogP) is 3.79. The fourth-order valence-electron chi connectivity index (χ4n) is 4.40. The standard InChI is InChI=1S/C21H20ClN5O.C5H10N2O.C4H10O/c1-13(28)25-21(20-11-23-12-27(20)2)18-8-15-4-3-7-24-19(15)9-14-5-6-16(26-22)10-17(14)18;8-5-7-3-1-6-2-4-7;1-4(2)5-3/h3-8,10-12,21,26H,9H2,1-2H3,(H,25,28);5-6H,1-4H2;4H,1-3H3. The van der Waals surface area contributed by atoms with Crippen molar-refractivity contribution in [2.75, 3.05) is 38.1 Å². The van der Waals surface area contributed by atoms with E-state index in [1.54, 1.807) is 30.7 Å². The number of carbonyl (C=O) groups is 2. The van der Waals surface area contributed by atoms with Crippen LogP contribution < -0.4 is 15.5 Å². The highest BCUT2D eigenvalue weighted by atomic mass is 35.5. The van der Waals surface area contributed by atoms with Crippen molar-refractivity contribution >= 4 is 41.4 Å². The van der Waals surface area contributed by atoms with Gasteiger partial charge in [-0.25, -0.2) is 4.98 Å². The second kappa shape index (κ2) is 15.9. The number of halogens is 1. The van der Waals surface area contributed by atoms with Gasteiger partial charge in [-0.15, -0.1) is 0 Å². The Balaban J connectivity index is 0.000000294. The number of nitrogens with zero attached hydrogens (tertiary/aromatic N) is 4. The highest BCUT2D eigenvalue weighted by molar-refractivity contribution is 6.24. The van der Waals surface area contributed by atoms with E-state index in [2.05, 4.69) is 31.5 Å². The summed E-state index contributed by atoms with van der Waals surface area (Å²) >= 11 is 5.87. The Morgan fingerprint density at radius 2 is 1.95 bits per heavy atom. The number of aryl methyl sites for hydroxylation is 1. The number of hydrogen-bond acceptors (Lipinski definition) is 7. The molecule has 2 aromatic heterocycles. The molecule has 10 nitrogen and oxygen atoms in total. The molecule has 1 aliphatic carbocycles. The number of imidazole rings is 1. The zero-order valence-corrected chi connectivity index (χ0v) is 25.1. The average Bonchev–Trinajstić information content (AvgIpc) is 3.34. The van der Waals surface area contributed by atoms with Crippen molar-refractivity contribution in [1.82, 2.24) is 30.1 Å². The van der Waals surface area contributed by atoms with Gasteiger partial charge in [0.25, 0.3) is 0 Å². The summed E-state index contributed by atoms with van der Waals surface area (Å²) < 4.78 is 6.67. The maximum atomic E-state index is 12.1. The van der Waals surface area contributed by atoms with Crippen LogP contribution in [0.1, 0.15) is 54.9 Å². The highest BCUT2D eigenvalue weighted by Crippen LogP contribution is 2.38. The molecule has 0 bridgehead atoms. The van der Waals surface area contributed by atoms with Gasteiger partial charge in [-0.1, -0.05) is 12.1 Å². The number of anilines is 1. The number of hydrogen-bond donors (Lipinski definition) is 3. The molecule has 3 N–H and O–H groups in total. The first-order chi connectivity index (χ1) is 19.8. The van der Waals surface area contributed by atoms with E-state index >= 15 is 0 Å². The Kier molecular flexibility index (Phi) is 12.3. The van der Waals surface area contributed by atoms with Crippen LogP contribution in [-0.2, 0) is 27.8 Å². The van der Waals surface area contributed by atoms with E-state index in [1.165, 1.54) is 6.92 Å². The van der Waals surface area contributed by atoms with Crippen molar-refractivity contribution in [3.05, 3.63) is 77.1 Å². The van der Waals surface area contributed by atoms with Gasteiger partial charge < -0.3 is 24.8 Å². The zero-order valence-electron chi connectivity index (χ0n) is 24.4. The van der Waals surface area contributed by atoms with Crippen molar-refractivity contribution in [2.45, 2.75) is 39.3 Å². The number of methoxy groups -OCH3 is 1. The van der Waals surface area contributed by atoms with Crippen LogP contribution in [-0.4, -0.2) is 71.1 Å². The molecule has 1 aliphatic heterocycles. The van der Waals surface area contributed by atoms with Crippen LogP contribution in [0.3, 0.4) is 0 Å². The molecule has 1 unspecified atom stereocenters. The number of nitrogens with one attached hydrogen (secondary N) is 3. The van der Waals surface area contributed by atoms with Gasteiger partial charge in [-0.3, -0.25) is 19.4 Å². The number of pyridine rings is 1. The van der Waals surface area contributed by atoms with E-state index in [-0.39, 0.29) is 11.9 Å². The molecule has 220 valence electrons. The summed E-state index contributed by atoms with van der Waals surface area (Å²) in [6, 6.07) is 9.60. The number of piperazine rings is 1. The Morgan fingerprint density at radius 3 is 2.51 bits per heavy atom. The maximum absolute atomic E-state index is 12.1. The van der Waals surface area contributed by atoms with E-state index in [1.807, 2.05) is 55.8 Å². The number of amides is 2.